The van der Waals surface area contributed by atoms with E-state index < -0.39 is 0 Å². The molecule has 2 aromatic rings. The third kappa shape index (κ3) is 5.47. The van der Waals surface area contributed by atoms with Crippen molar-refractivity contribution in [2.24, 2.45) is 0 Å². The molecule has 0 N–H and O–H groups in total. The van der Waals surface area contributed by atoms with Gasteiger partial charge in [0, 0.05) is 39.1 Å². The molecule has 0 radical (unpaired) electrons. The maximum atomic E-state index is 12.1. The van der Waals surface area contributed by atoms with Crippen molar-refractivity contribution in [3.05, 3.63) is 65.7 Å². The highest BCUT2D eigenvalue weighted by Gasteiger charge is 2.27. The standard InChI is InChI=1S/C22H28N2O3/c1-3-24-13-12-21(27-22(24)25)17-23(15-18-8-5-4-6-9-18)16-19-10-7-11-20(14-19)26-2/h4-11,14,21H,3,12-13,15-17H2,1-2H3/t21-/m0/s1. The van der Waals surface area contributed by atoms with Gasteiger partial charge in [0.25, 0.3) is 0 Å². The van der Waals surface area contributed by atoms with Crippen LogP contribution in [-0.4, -0.2) is 48.7 Å². The summed E-state index contributed by atoms with van der Waals surface area (Å²) in [6, 6.07) is 18.5. The Morgan fingerprint density at radius 3 is 2.56 bits per heavy atom. The third-order valence-electron chi connectivity index (χ3n) is 4.88. The van der Waals surface area contributed by atoms with E-state index in [4.69, 9.17) is 9.47 Å². The highest BCUT2D eigenvalue weighted by molar-refractivity contribution is 5.68. The van der Waals surface area contributed by atoms with Gasteiger partial charge in [0.05, 0.1) is 7.11 Å². The van der Waals surface area contributed by atoms with E-state index in [-0.39, 0.29) is 12.2 Å². The lowest BCUT2D eigenvalue weighted by Gasteiger charge is -2.34. The van der Waals surface area contributed by atoms with Gasteiger partial charge in [-0.2, -0.15) is 0 Å². The highest BCUT2D eigenvalue weighted by atomic mass is 16.6. The molecular formula is C22H28N2O3. The van der Waals surface area contributed by atoms with Crippen molar-refractivity contribution in [1.82, 2.24) is 9.80 Å². The van der Waals surface area contributed by atoms with Crippen LogP contribution in [-0.2, 0) is 17.8 Å². The number of amides is 1. The molecule has 3 rings (SSSR count). The lowest BCUT2D eigenvalue weighted by atomic mass is 10.1. The number of nitrogens with zero attached hydrogens (tertiary/aromatic N) is 2. The zero-order chi connectivity index (χ0) is 19.1. The number of rotatable bonds is 8. The monoisotopic (exact) mass is 368 g/mol. The molecule has 1 aliphatic rings. The number of hydrogen-bond acceptors (Lipinski definition) is 4. The van der Waals surface area contributed by atoms with Gasteiger partial charge in [0.1, 0.15) is 11.9 Å². The zero-order valence-electron chi connectivity index (χ0n) is 16.1. The summed E-state index contributed by atoms with van der Waals surface area (Å²) in [6.45, 7) is 5.74. The molecule has 5 heteroatoms. The second-order valence-electron chi connectivity index (χ2n) is 6.88. The van der Waals surface area contributed by atoms with Crippen molar-refractivity contribution < 1.29 is 14.3 Å². The second-order valence-corrected chi connectivity index (χ2v) is 6.88. The normalized spacial score (nSPS) is 17.1. The summed E-state index contributed by atoms with van der Waals surface area (Å²) in [7, 11) is 1.68. The SMILES string of the molecule is CCN1CC[C@@H](CN(Cc2ccccc2)Cc2cccc(OC)c2)OC1=O. The largest absolute Gasteiger partial charge is 0.497 e. The van der Waals surface area contributed by atoms with E-state index in [9.17, 15) is 4.79 Å². The van der Waals surface area contributed by atoms with Crippen molar-refractivity contribution in [3.63, 3.8) is 0 Å². The van der Waals surface area contributed by atoms with E-state index in [1.54, 1.807) is 12.0 Å². The summed E-state index contributed by atoms with van der Waals surface area (Å²) in [5.41, 5.74) is 2.43. The van der Waals surface area contributed by atoms with Gasteiger partial charge in [-0.3, -0.25) is 4.90 Å². The summed E-state index contributed by atoms with van der Waals surface area (Å²) in [6.07, 6.45) is 0.590. The summed E-state index contributed by atoms with van der Waals surface area (Å²) in [5.74, 6) is 0.856. The Morgan fingerprint density at radius 2 is 1.85 bits per heavy atom. The lowest BCUT2D eigenvalue weighted by Crippen LogP contribution is -2.45. The van der Waals surface area contributed by atoms with Crippen LogP contribution < -0.4 is 4.74 Å². The van der Waals surface area contributed by atoms with Crippen LogP contribution >= 0.6 is 0 Å². The molecule has 0 spiro atoms. The molecule has 144 valence electrons. The molecule has 0 aliphatic carbocycles. The van der Waals surface area contributed by atoms with Crippen LogP contribution in [0, 0.1) is 0 Å². The van der Waals surface area contributed by atoms with Crippen molar-refractivity contribution in [1.29, 1.82) is 0 Å². The van der Waals surface area contributed by atoms with Gasteiger partial charge in [0.15, 0.2) is 0 Å². The number of hydrogen-bond donors (Lipinski definition) is 0. The summed E-state index contributed by atoms with van der Waals surface area (Å²) >= 11 is 0. The van der Waals surface area contributed by atoms with Gasteiger partial charge in [-0.1, -0.05) is 42.5 Å². The van der Waals surface area contributed by atoms with Crippen LogP contribution in [0.4, 0.5) is 4.79 Å². The van der Waals surface area contributed by atoms with Crippen LogP contribution in [0.3, 0.4) is 0 Å². The Kier molecular flexibility index (Phi) is 6.71. The summed E-state index contributed by atoms with van der Waals surface area (Å²) in [5, 5.41) is 0. The Morgan fingerprint density at radius 1 is 1.11 bits per heavy atom. The third-order valence-corrected chi connectivity index (χ3v) is 4.88. The van der Waals surface area contributed by atoms with E-state index >= 15 is 0 Å². The van der Waals surface area contributed by atoms with Gasteiger partial charge in [-0.05, 0) is 30.2 Å². The van der Waals surface area contributed by atoms with Crippen molar-refractivity contribution in [2.75, 3.05) is 26.7 Å². The minimum absolute atomic E-state index is 0.0744. The van der Waals surface area contributed by atoms with E-state index in [2.05, 4.69) is 41.3 Å². The molecule has 0 bridgehead atoms. The van der Waals surface area contributed by atoms with Gasteiger partial charge >= 0.3 is 6.09 Å². The number of carbonyl (C=O) groups excluding carboxylic acids is 1. The molecule has 27 heavy (non-hydrogen) atoms. The predicted molar refractivity (Wildman–Crippen MR) is 106 cm³/mol. The van der Waals surface area contributed by atoms with E-state index in [0.717, 1.165) is 38.3 Å². The van der Waals surface area contributed by atoms with Gasteiger partial charge in [0.2, 0.25) is 0 Å². The topological polar surface area (TPSA) is 42.0 Å². The molecule has 1 heterocycles. The molecule has 0 unspecified atom stereocenters. The number of cyclic esters (lactones) is 1. The molecule has 1 saturated heterocycles. The van der Waals surface area contributed by atoms with Gasteiger partial charge < -0.3 is 14.4 Å². The molecule has 1 fully saturated rings. The maximum Gasteiger partial charge on any atom is 0.410 e. The van der Waals surface area contributed by atoms with Crippen molar-refractivity contribution in [2.45, 2.75) is 32.5 Å². The minimum Gasteiger partial charge on any atom is -0.497 e. The fourth-order valence-electron chi connectivity index (χ4n) is 3.43. The van der Waals surface area contributed by atoms with Gasteiger partial charge in [-0.15, -0.1) is 0 Å². The van der Waals surface area contributed by atoms with Crippen LogP contribution in [0.25, 0.3) is 0 Å². The van der Waals surface area contributed by atoms with E-state index in [1.807, 2.05) is 25.1 Å². The summed E-state index contributed by atoms with van der Waals surface area (Å²) < 4.78 is 11.0. The van der Waals surface area contributed by atoms with Crippen LogP contribution in [0.5, 0.6) is 5.75 Å². The Labute approximate surface area is 161 Å². The first-order valence-corrected chi connectivity index (χ1v) is 9.52. The molecule has 0 saturated carbocycles. The molecular weight excluding hydrogens is 340 g/mol. The van der Waals surface area contributed by atoms with Crippen LogP contribution in [0.1, 0.15) is 24.5 Å². The van der Waals surface area contributed by atoms with Crippen molar-refractivity contribution >= 4 is 6.09 Å². The van der Waals surface area contributed by atoms with E-state index in [1.165, 1.54) is 11.1 Å². The molecule has 1 amide bonds. The van der Waals surface area contributed by atoms with Gasteiger partial charge in [-0.25, -0.2) is 4.79 Å². The number of benzene rings is 2. The summed E-state index contributed by atoms with van der Waals surface area (Å²) in [4.78, 5) is 16.2. The first-order chi connectivity index (χ1) is 13.2. The average molecular weight is 368 g/mol. The van der Waals surface area contributed by atoms with Crippen LogP contribution in [0.15, 0.2) is 54.6 Å². The number of methoxy groups -OCH3 is 1. The molecule has 0 aromatic heterocycles. The molecule has 1 atom stereocenters. The van der Waals surface area contributed by atoms with Crippen LogP contribution in [0.2, 0.25) is 0 Å². The number of ether oxygens (including phenoxy) is 2. The fourth-order valence-corrected chi connectivity index (χ4v) is 3.43. The lowest BCUT2D eigenvalue weighted by molar-refractivity contribution is 0.00722. The molecule has 5 nitrogen and oxygen atoms in total. The highest BCUT2D eigenvalue weighted by Crippen LogP contribution is 2.19. The number of carbonyl (C=O) groups is 1. The fraction of sp³-hybridized carbons (Fsp3) is 0.409. The predicted octanol–water partition coefficient (Wildman–Crippen LogP) is 3.93. The van der Waals surface area contributed by atoms with E-state index in [0.29, 0.717) is 6.54 Å². The molecule has 1 aliphatic heterocycles. The second kappa shape index (κ2) is 9.42. The Hall–Kier alpha value is -2.53. The quantitative estimate of drug-likeness (QED) is 0.708. The smallest absolute Gasteiger partial charge is 0.410 e. The molecule has 2 aromatic carbocycles. The first-order valence-electron chi connectivity index (χ1n) is 9.52. The first kappa shape index (κ1) is 19.2. The minimum atomic E-state index is -0.199. The Balaban J connectivity index is 1.70. The average Bonchev–Trinajstić information content (AvgIpc) is 2.69. The maximum absolute atomic E-state index is 12.1. The Bertz CT molecular complexity index is 735. The zero-order valence-corrected chi connectivity index (χ0v) is 16.1. The van der Waals surface area contributed by atoms with Crippen molar-refractivity contribution in [3.8, 4) is 5.75 Å².